The molecule has 1 fully saturated rings. The summed E-state index contributed by atoms with van der Waals surface area (Å²) in [6.45, 7) is 0. The van der Waals surface area contributed by atoms with Gasteiger partial charge in [0.2, 0.25) is 0 Å². The smallest absolute Gasteiger partial charge is 0.153 e. The van der Waals surface area contributed by atoms with Gasteiger partial charge >= 0.3 is 0 Å². The average Bonchev–Trinajstić information content (AvgIpc) is 1.98. The molecule has 0 radical (unpaired) electrons. The second-order valence-corrected chi connectivity index (χ2v) is 1.13. The third kappa shape index (κ3) is 1.40. The highest BCUT2D eigenvalue weighted by Gasteiger charge is 2.18. The van der Waals surface area contributed by atoms with Gasteiger partial charge in [-0.25, -0.2) is 8.78 Å². The van der Waals surface area contributed by atoms with Crippen LogP contribution >= 0.6 is 0 Å². The maximum Gasteiger partial charge on any atom is 0.153 e. The molecule has 0 aromatic heterocycles. The van der Waals surface area contributed by atoms with E-state index in [0.717, 1.165) is 5.32 Å². The van der Waals surface area contributed by atoms with Crippen molar-refractivity contribution in [3.63, 3.8) is 0 Å². The number of halogens is 2. The lowest BCUT2D eigenvalue weighted by Crippen LogP contribution is -2.36. The number of hydrogen-bond donors (Lipinski definition) is 1. The Morgan fingerprint density at radius 3 is 2.50 bits per heavy atom. The summed E-state index contributed by atoms with van der Waals surface area (Å²) >= 11 is 0. The van der Waals surface area contributed by atoms with Gasteiger partial charge in [0.25, 0.3) is 0 Å². The van der Waals surface area contributed by atoms with Crippen molar-refractivity contribution in [2.75, 3.05) is 0 Å². The van der Waals surface area contributed by atoms with E-state index in [2.05, 4.69) is 0 Å². The average molecular weight is 129 g/mol. The third-order valence-corrected chi connectivity index (χ3v) is 0.564. The van der Waals surface area contributed by atoms with Crippen LogP contribution in [0.25, 0.3) is 0 Å². The molecule has 1 N–H and O–H groups in total. The van der Waals surface area contributed by atoms with Gasteiger partial charge in [0.05, 0.1) is 2.74 Å². The van der Waals surface area contributed by atoms with E-state index in [1.807, 2.05) is 0 Å². The summed E-state index contributed by atoms with van der Waals surface area (Å²) in [6.07, 6.45) is -18.9. The van der Waals surface area contributed by atoms with Gasteiger partial charge in [0, 0.05) is 8.22 Å². The molecule has 3 heteroatoms. The van der Waals surface area contributed by atoms with Crippen molar-refractivity contribution in [2.45, 2.75) is 31.7 Å². The first-order valence-corrected chi connectivity index (χ1v) is 1.88. The van der Waals surface area contributed by atoms with Crippen molar-refractivity contribution in [3.8, 4) is 0 Å². The molecule has 1 nitrogen and oxygen atoms in total. The van der Waals surface area contributed by atoms with Gasteiger partial charge < -0.3 is 0 Å². The zero-order valence-electron chi connectivity index (χ0n) is 11.8. The Balaban J connectivity index is 3.43. The fourth-order valence-electron chi connectivity index (χ4n) is 0.300. The first kappa shape index (κ1) is 1.45. The highest BCUT2D eigenvalue weighted by atomic mass is 19.2. The zero-order valence-corrected chi connectivity index (χ0v) is 3.76. The Kier molecular flexibility index (Phi) is 0.435. The van der Waals surface area contributed by atoms with Gasteiger partial charge in [0.1, 0.15) is 0 Å². The van der Waals surface area contributed by atoms with Gasteiger partial charge in [-0.1, -0.05) is 0 Å². The summed E-state index contributed by atoms with van der Waals surface area (Å²) in [5, 5.41) is 0.878. The molecule has 1 heterocycles. The molecule has 2 atom stereocenters. The maximum atomic E-state index is 13.4. The predicted molar refractivity (Wildman–Crippen MR) is 26.8 cm³/mol. The SMILES string of the molecule is [2H]C1(F)NC([2H])(F)C([2H])([2H])C([2H])([2H])C1([2H])[2H]. The molecule has 1 saturated heterocycles. The molecule has 1 rings (SSSR count). The van der Waals surface area contributed by atoms with Crippen molar-refractivity contribution in [1.82, 2.24) is 5.32 Å². The van der Waals surface area contributed by atoms with Crippen LogP contribution in [0.2, 0.25) is 0 Å². The normalized spacial score (nSPS) is 91.8. The Labute approximate surface area is 58.3 Å². The topological polar surface area (TPSA) is 12.0 Å². The molecule has 0 aromatic carbocycles. The van der Waals surface area contributed by atoms with Crippen LogP contribution in [0.5, 0.6) is 0 Å². The second kappa shape index (κ2) is 2.40. The number of rotatable bonds is 0. The lowest BCUT2D eigenvalue weighted by molar-refractivity contribution is 0.114. The molecule has 2 unspecified atom stereocenters. The van der Waals surface area contributed by atoms with Crippen molar-refractivity contribution in [1.29, 1.82) is 0 Å². The molecule has 1 aliphatic rings. The molecule has 0 aromatic rings. The highest BCUT2D eigenvalue weighted by Crippen LogP contribution is 2.13. The van der Waals surface area contributed by atoms with Crippen LogP contribution in [0, 0.1) is 0 Å². The fourth-order valence-corrected chi connectivity index (χ4v) is 0.300. The molecular weight excluding hydrogens is 112 g/mol. The molecule has 0 bridgehead atoms. The van der Waals surface area contributed by atoms with Crippen LogP contribution in [0.15, 0.2) is 0 Å². The number of nitrogens with one attached hydrogen (secondary N) is 1. The van der Waals surface area contributed by atoms with Gasteiger partial charge in [-0.3, -0.25) is 5.32 Å². The van der Waals surface area contributed by atoms with Gasteiger partial charge in [-0.15, -0.1) is 0 Å². The Hall–Kier alpha value is -0.180. The van der Waals surface area contributed by atoms with Crippen LogP contribution in [0.1, 0.15) is 30.1 Å². The van der Waals surface area contributed by atoms with E-state index >= 15 is 0 Å². The third-order valence-electron chi connectivity index (χ3n) is 0.564. The molecule has 0 saturated carbocycles. The summed E-state index contributed by atoms with van der Waals surface area (Å²) in [6, 6.07) is 0. The summed E-state index contributed by atoms with van der Waals surface area (Å²) in [5.74, 6) is 0. The Morgan fingerprint density at radius 1 is 1.50 bits per heavy atom. The molecule has 1 aliphatic heterocycles. The van der Waals surface area contributed by atoms with Gasteiger partial charge in [-0.2, -0.15) is 0 Å². The fraction of sp³-hybridized carbons (Fsp3) is 1.00. The Bertz CT molecular complexity index is 286. The van der Waals surface area contributed by atoms with Crippen LogP contribution in [0.4, 0.5) is 8.78 Å². The van der Waals surface area contributed by atoms with Gasteiger partial charge in [0.15, 0.2) is 12.5 Å². The standard InChI is InChI=1S/C5H9F2N/c6-4-2-1-3-5(7)8-4/h4-5,8H,1-3H2/i1D2,2D2,3D2,4D,5D. The summed E-state index contributed by atoms with van der Waals surface area (Å²) in [7, 11) is 0. The van der Waals surface area contributed by atoms with E-state index in [9.17, 15) is 8.78 Å². The summed E-state index contributed by atoms with van der Waals surface area (Å²) < 4.78 is 82.8. The van der Waals surface area contributed by atoms with E-state index < -0.39 is 31.7 Å². The quantitative estimate of drug-likeness (QED) is 0.487. The monoisotopic (exact) mass is 129 g/mol. The predicted octanol–water partition coefficient (Wildman–Crippen LogP) is 1.35. The van der Waals surface area contributed by atoms with Crippen molar-refractivity contribution in [3.05, 3.63) is 0 Å². The number of piperidine rings is 1. The lowest BCUT2D eigenvalue weighted by Gasteiger charge is -2.19. The number of alkyl halides is 2. The first-order valence-electron chi connectivity index (χ1n) is 5.88. The highest BCUT2D eigenvalue weighted by molar-refractivity contribution is 4.65. The van der Waals surface area contributed by atoms with Crippen molar-refractivity contribution < 1.29 is 19.7 Å². The van der Waals surface area contributed by atoms with Crippen LogP contribution < -0.4 is 5.32 Å². The minimum absolute atomic E-state index is 0.878. The van der Waals surface area contributed by atoms with Crippen LogP contribution in [-0.2, 0) is 0 Å². The largest absolute Gasteiger partial charge is 0.258 e. The van der Waals surface area contributed by atoms with Crippen LogP contribution in [0.3, 0.4) is 0 Å². The zero-order chi connectivity index (χ0) is 13.2. The minimum atomic E-state index is -3.95. The number of hydrogen-bond acceptors (Lipinski definition) is 1. The van der Waals surface area contributed by atoms with E-state index in [-0.39, 0.29) is 0 Å². The molecule has 8 heavy (non-hydrogen) atoms. The summed E-state index contributed by atoms with van der Waals surface area (Å²) in [5.41, 5.74) is 0. The van der Waals surface area contributed by atoms with E-state index in [1.54, 1.807) is 0 Å². The molecule has 48 valence electrons. The van der Waals surface area contributed by atoms with Gasteiger partial charge in [-0.05, 0) is 19.1 Å². The van der Waals surface area contributed by atoms with Crippen molar-refractivity contribution in [2.24, 2.45) is 0 Å². The minimum Gasteiger partial charge on any atom is -0.258 e. The lowest BCUT2D eigenvalue weighted by atomic mass is 10.1. The van der Waals surface area contributed by atoms with Crippen molar-refractivity contribution >= 4 is 0 Å². The molecule has 0 aliphatic carbocycles. The molecule has 0 spiro atoms. The Morgan fingerprint density at radius 2 is 2.00 bits per heavy atom. The second-order valence-electron chi connectivity index (χ2n) is 1.13. The maximum absolute atomic E-state index is 13.4. The van der Waals surface area contributed by atoms with E-state index in [1.165, 1.54) is 0 Å². The molecule has 0 amide bonds. The van der Waals surface area contributed by atoms with E-state index in [4.69, 9.17) is 11.0 Å². The summed E-state index contributed by atoms with van der Waals surface area (Å²) in [4.78, 5) is 0. The van der Waals surface area contributed by atoms with E-state index in [0.29, 0.717) is 0 Å². The molecular formula is C5H9F2N. The van der Waals surface area contributed by atoms with Crippen LogP contribution in [-0.4, -0.2) is 12.5 Å². The first-order chi connectivity index (χ1) is 6.71.